The number of benzene rings is 1. The Hall–Kier alpha value is -1.25. The van der Waals surface area contributed by atoms with Crippen LogP contribution in [0.4, 0.5) is 0 Å². The molecule has 0 atom stereocenters. The van der Waals surface area contributed by atoms with Crippen LogP contribution in [0.1, 0.15) is 12.5 Å². The van der Waals surface area contributed by atoms with E-state index in [1.807, 2.05) is 31.3 Å². The van der Waals surface area contributed by atoms with Crippen LogP contribution in [0.15, 0.2) is 36.5 Å². The Kier molecular flexibility index (Phi) is 3.03. The second kappa shape index (κ2) is 4.32. The van der Waals surface area contributed by atoms with E-state index in [1.54, 1.807) is 0 Å². The van der Waals surface area contributed by atoms with Crippen LogP contribution in [0, 0.1) is 0 Å². The van der Waals surface area contributed by atoms with Gasteiger partial charge in [0, 0.05) is 28.7 Å². The van der Waals surface area contributed by atoms with Gasteiger partial charge in [0.2, 0.25) is 0 Å². The number of nitrogens with zero attached hydrogens (tertiary/aromatic N) is 1. The van der Waals surface area contributed by atoms with Crippen molar-refractivity contribution in [3.05, 3.63) is 47.1 Å². The summed E-state index contributed by atoms with van der Waals surface area (Å²) in [4.78, 5) is 0. The van der Waals surface area contributed by atoms with Crippen molar-refractivity contribution in [2.24, 2.45) is 0 Å². The van der Waals surface area contributed by atoms with Gasteiger partial charge in [-0.1, -0.05) is 29.8 Å². The van der Waals surface area contributed by atoms with Crippen LogP contribution >= 0.6 is 11.6 Å². The Morgan fingerprint density at radius 3 is 2.88 bits per heavy atom. The van der Waals surface area contributed by atoms with E-state index in [0.29, 0.717) is 5.02 Å². The van der Waals surface area contributed by atoms with E-state index in [1.165, 1.54) is 0 Å². The van der Waals surface area contributed by atoms with Gasteiger partial charge in [0.15, 0.2) is 0 Å². The van der Waals surface area contributed by atoms with Crippen molar-refractivity contribution in [1.29, 1.82) is 0 Å². The van der Waals surface area contributed by atoms with Crippen molar-refractivity contribution in [2.75, 3.05) is 0 Å². The summed E-state index contributed by atoms with van der Waals surface area (Å²) in [5.41, 5.74) is 3.04. The third-order valence-electron chi connectivity index (χ3n) is 2.54. The van der Waals surface area contributed by atoms with E-state index in [9.17, 15) is 5.11 Å². The smallest absolute Gasteiger partial charge is 0.0702 e. The Balaban J connectivity index is 2.63. The molecule has 0 radical (unpaired) electrons. The van der Waals surface area contributed by atoms with E-state index in [4.69, 9.17) is 11.6 Å². The first-order valence-corrected chi connectivity index (χ1v) is 5.52. The van der Waals surface area contributed by atoms with Crippen molar-refractivity contribution in [1.82, 2.24) is 4.57 Å². The quantitative estimate of drug-likeness (QED) is 0.811. The van der Waals surface area contributed by atoms with Gasteiger partial charge in [-0.05, 0) is 19.1 Å². The van der Waals surface area contributed by atoms with Crippen molar-refractivity contribution < 1.29 is 5.11 Å². The lowest BCUT2D eigenvalue weighted by molar-refractivity contribution is 0.283. The first kappa shape index (κ1) is 11.2. The summed E-state index contributed by atoms with van der Waals surface area (Å²) in [7, 11) is 0. The molecule has 0 unspecified atom stereocenters. The fourth-order valence-electron chi connectivity index (χ4n) is 1.89. The number of rotatable bonds is 3. The van der Waals surface area contributed by atoms with Crippen molar-refractivity contribution in [2.45, 2.75) is 20.1 Å². The molecule has 1 aromatic heterocycles. The van der Waals surface area contributed by atoms with Crippen LogP contribution in [0.5, 0.6) is 0 Å². The number of hydrogen-bond donors (Lipinski definition) is 1. The standard InChI is InChI=1S/C13H14ClNO/c1-9(2)6-15-7-10(8-16)12-4-3-11(14)5-13(12)15/h3-5,7,16H,1,6,8H2,2H3. The van der Waals surface area contributed by atoms with Crippen molar-refractivity contribution in [3.8, 4) is 0 Å². The molecule has 2 rings (SSSR count). The molecular formula is C13H14ClNO. The van der Waals surface area contributed by atoms with E-state index >= 15 is 0 Å². The molecule has 0 bridgehead atoms. The van der Waals surface area contributed by atoms with E-state index < -0.39 is 0 Å². The maximum atomic E-state index is 9.28. The molecule has 0 saturated carbocycles. The van der Waals surface area contributed by atoms with Gasteiger partial charge in [0.1, 0.15) is 0 Å². The average molecular weight is 236 g/mol. The molecule has 84 valence electrons. The fraction of sp³-hybridized carbons (Fsp3) is 0.231. The number of aromatic nitrogens is 1. The molecule has 0 aliphatic heterocycles. The summed E-state index contributed by atoms with van der Waals surface area (Å²) in [5.74, 6) is 0. The van der Waals surface area contributed by atoms with Crippen LogP contribution in [0.25, 0.3) is 10.9 Å². The molecule has 2 nitrogen and oxygen atoms in total. The molecule has 2 aromatic rings. The van der Waals surface area contributed by atoms with Crippen LogP contribution in [-0.2, 0) is 13.2 Å². The van der Waals surface area contributed by atoms with Gasteiger partial charge in [0.25, 0.3) is 0 Å². The van der Waals surface area contributed by atoms with Gasteiger partial charge in [-0.15, -0.1) is 0 Å². The van der Waals surface area contributed by atoms with Gasteiger partial charge >= 0.3 is 0 Å². The van der Waals surface area contributed by atoms with E-state index in [2.05, 4.69) is 11.1 Å². The zero-order valence-electron chi connectivity index (χ0n) is 9.20. The summed E-state index contributed by atoms with van der Waals surface area (Å²) >= 11 is 5.98. The molecule has 1 heterocycles. The molecule has 0 amide bonds. The number of hydrogen-bond acceptors (Lipinski definition) is 1. The molecule has 0 aliphatic carbocycles. The molecule has 1 N–H and O–H groups in total. The SMILES string of the molecule is C=C(C)Cn1cc(CO)c2ccc(Cl)cc21. The van der Waals surface area contributed by atoms with Crippen LogP contribution in [0.2, 0.25) is 5.02 Å². The molecular weight excluding hydrogens is 222 g/mol. The fourth-order valence-corrected chi connectivity index (χ4v) is 2.06. The minimum absolute atomic E-state index is 0.0430. The van der Waals surface area contributed by atoms with Gasteiger partial charge in [-0.25, -0.2) is 0 Å². The minimum atomic E-state index is 0.0430. The molecule has 1 aromatic carbocycles. The van der Waals surface area contributed by atoms with Crippen molar-refractivity contribution in [3.63, 3.8) is 0 Å². The van der Waals surface area contributed by atoms with E-state index in [-0.39, 0.29) is 6.61 Å². The molecule has 0 fully saturated rings. The summed E-state index contributed by atoms with van der Waals surface area (Å²) in [6.07, 6.45) is 1.95. The first-order chi connectivity index (χ1) is 7.61. The van der Waals surface area contributed by atoms with Crippen LogP contribution in [0.3, 0.4) is 0 Å². The first-order valence-electron chi connectivity index (χ1n) is 5.14. The number of halogens is 1. The lowest BCUT2D eigenvalue weighted by Gasteiger charge is -2.04. The number of aliphatic hydroxyl groups excluding tert-OH is 1. The summed E-state index contributed by atoms with van der Waals surface area (Å²) < 4.78 is 2.06. The summed E-state index contributed by atoms with van der Waals surface area (Å²) in [5, 5.41) is 11.0. The highest BCUT2D eigenvalue weighted by Gasteiger charge is 2.08. The second-order valence-electron chi connectivity index (χ2n) is 4.06. The third-order valence-corrected chi connectivity index (χ3v) is 2.77. The molecule has 0 saturated heterocycles. The van der Waals surface area contributed by atoms with Gasteiger partial charge < -0.3 is 9.67 Å². The van der Waals surface area contributed by atoms with Gasteiger partial charge in [0.05, 0.1) is 12.1 Å². The Morgan fingerprint density at radius 2 is 2.25 bits per heavy atom. The predicted octanol–water partition coefficient (Wildman–Crippen LogP) is 3.36. The Labute approximate surface area is 99.8 Å². The van der Waals surface area contributed by atoms with Crippen LogP contribution in [-0.4, -0.2) is 9.67 Å². The molecule has 0 spiro atoms. The normalized spacial score (nSPS) is 10.9. The van der Waals surface area contributed by atoms with Gasteiger partial charge in [-0.3, -0.25) is 0 Å². The minimum Gasteiger partial charge on any atom is -0.392 e. The maximum absolute atomic E-state index is 9.28. The maximum Gasteiger partial charge on any atom is 0.0702 e. The van der Waals surface area contributed by atoms with Crippen molar-refractivity contribution >= 4 is 22.5 Å². The second-order valence-corrected chi connectivity index (χ2v) is 4.50. The zero-order valence-corrected chi connectivity index (χ0v) is 9.96. The zero-order chi connectivity index (χ0) is 11.7. The third kappa shape index (κ3) is 1.99. The number of aliphatic hydroxyl groups is 1. The van der Waals surface area contributed by atoms with Gasteiger partial charge in [-0.2, -0.15) is 0 Å². The molecule has 3 heteroatoms. The monoisotopic (exact) mass is 235 g/mol. The summed E-state index contributed by atoms with van der Waals surface area (Å²) in [6.45, 7) is 6.67. The highest BCUT2D eigenvalue weighted by molar-refractivity contribution is 6.31. The molecule has 0 aliphatic rings. The Bertz CT molecular complexity index is 542. The van der Waals surface area contributed by atoms with E-state index in [0.717, 1.165) is 28.6 Å². The topological polar surface area (TPSA) is 25.2 Å². The largest absolute Gasteiger partial charge is 0.392 e. The lowest BCUT2D eigenvalue weighted by atomic mass is 10.2. The average Bonchev–Trinajstić information content (AvgIpc) is 2.55. The number of fused-ring (bicyclic) bond motifs is 1. The number of allylic oxidation sites excluding steroid dienone is 1. The highest BCUT2D eigenvalue weighted by atomic mass is 35.5. The summed E-state index contributed by atoms with van der Waals surface area (Å²) in [6, 6.07) is 5.70. The molecule has 16 heavy (non-hydrogen) atoms. The predicted molar refractivity (Wildman–Crippen MR) is 67.7 cm³/mol. The highest BCUT2D eigenvalue weighted by Crippen LogP contribution is 2.25. The Morgan fingerprint density at radius 1 is 1.50 bits per heavy atom. The van der Waals surface area contributed by atoms with Crippen LogP contribution < -0.4 is 0 Å². The lowest BCUT2D eigenvalue weighted by Crippen LogP contribution is -1.96.